The monoisotopic (exact) mass is 493 g/mol. The maximum atomic E-state index is 6.00. The van der Waals surface area contributed by atoms with Gasteiger partial charge in [0.25, 0.3) is 0 Å². The van der Waals surface area contributed by atoms with Gasteiger partial charge < -0.3 is 31.9 Å². The SMILES string of the molecule is CCO[Si](OCC)(OCC)c1ccc(Nc2ccc([Si](OCC)(OCC)OCC)cc2)cc1. The van der Waals surface area contributed by atoms with Gasteiger partial charge in [-0.05, 0) is 65.8 Å². The van der Waals surface area contributed by atoms with E-state index in [1.807, 2.05) is 90.1 Å². The van der Waals surface area contributed by atoms with Gasteiger partial charge in [0.15, 0.2) is 0 Å². The first-order valence-electron chi connectivity index (χ1n) is 11.8. The molecule has 9 heteroatoms. The van der Waals surface area contributed by atoms with Crippen LogP contribution >= 0.6 is 0 Å². The first-order valence-corrected chi connectivity index (χ1v) is 15.3. The standard InChI is InChI=1S/C24H39NO6Si2/c1-7-26-32(27-8-2,28-9-3)23-17-13-21(14-18-23)25-22-15-19-24(20-16-22)33(29-10-4,30-11-5)31-12-6/h13-20,25H,7-12H2,1-6H3. The van der Waals surface area contributed by atoms with E-state index in [9.17, 15) is 0 Å². The lowest BCUT2D eigenvalue weighted by atomic mass is 10.2. The van der Waals surface area contributed by atoms with Gasteiger partial charge in [0, 0.05) is 61.4 Å². The van der Waals surface area contributed by atoms with Crippen molar-refractivity contribution in [1.29, 1.82) is 0 Å². The van der Waals surface area contributed by atoms with Gasteiger partial charge in [-0.2, -0.15) is 0 Å². The Balaban J connectivity index is 2.21. The molecule has 1 N–H and O–H groups in total. The summed E-state index contributed by atoms with van der Waals surface area (Å²) in [5.41, 5.74) is 1.92. The van der Waals surface area contributed by atoms with Gasteiger partial charge in [-0.1, -0.05) is 24.3 Å². The molecule has 184 valence electrons. The van der Waals surface area contributed by atoms with Crippen molar-refractivity contribution < 1.29 is 26.6 Å². The van der Waals surface area contributed by atoms with Gasteiger partial charge in [-0.3, -0.25) is 0 Å². The highest BCUT2D eigenvalue weighted by Gasteiger charge is 2.44. The van der Waals surface area contributed by atoms with Crippen molar-refractivity contribution in [2.45, 2.75) is 41.5 Å². The molecule has 0 fully saturated rings. The van der Waals surface area contributed by atoms with E-state index in [2.05, 4.69) is 5.32 Å². The van der Waals surface area contributed by atoms with E-state index in [1.54, 1.807) is 0 Å². The van der Waals surface area contributed by atoms with Gasteiger partial charge >= 0.3 is 17.6 Å². The van der Waals surface area contributed by atoms with Crippen LogP contribution in [-0.4, -0.2) is 57.3 Å². The van der Waals surface area contributed by atoms with Crippen LogP contribution < -0.4 is 15.7 Å². The number of hydrogen-bond donors (Lipinski definition) is 1. The molecule has 0 aliphatic carbocycles. The predicted octanol–water partition coefficient (Wildman–Crippen LogP) is 3.94. The Bertz CT molecular complexity index is 702. The lowest BCUT2D eigenvalue weighted by Crippen LogP contribution is -2.56. The molecule has 0 aromatic heterocycles. The third kappa shape index (κ3) is 7.21. The Hall–Kier alpha value is -1.57. The van der Waals surface area contributed by atoms with Crippen LogP contribution in [0.25, 0.3) is 0 Å². The minimum atomic E-state index is -2.90. The molecule has 0 aliphatic rings. The average Bonchev–Trinajstić information content (AvgIpc) is 2.81. The normalized spacial score (nSPS) is 12.2. The molecular weight excluding hydrogens is 454 g/mol. The van der Waals surface area contributed by atoms with Gasteiger partial charge in [-0.15, -0.1) is 0 Å². The molecule has 0 atom stereocenters. The number of rotatable bonds is 16. The van der Waals surface area contributed by atoms with Crippen LogP contribution in [0.15, 0.2) is 48.5 Å². The molecule has 0 bridgehead atoms. The molecule has 0 spiro atoms. The lowest BCUT2D eigenvalue weighted by Gasteiger charge is -2.29. The second-order valence-corrected chi connectivity index (χ2v) is 12.1. The minimum absolute atomic E-state index is 0.536. The quantitative estimate of drug-likeness (QED) is 0.355. The summed E-state index contributed by atoms with van der Waals surface area (Å²) in [6.07, 6.45) is 0. The zero-order valence-corrected chi connectivity index (χ0v) is 22.8. The highest BCUT2D eigenvalue weighted by molar-refractivity contribution is 6.75. The lowest BCUT2D eigenvalue weighted by molar-refractivity contribution is 0.0851. The second kappa shape index (κ2) is 14.0. The van der Waals surface area contributed by atoms with Crippen molar-refractivity contribution in [3.63, 3.8) is 0 Å². The molecule has 0 heterocycles. The summed E-state index contributed by atoms with van der Waals surface area (Å²) in [7, 11) is -5.81. The van der Waals surface area contributed by atoms with Crippen molar-refractivity contribution in [3.8, 4) is 0 Å². The molecule has 0 saturated carbocycles. The molecule has 0 radical (unpaired) electrons. The predicted molar refractivity (Wildman–Crippen MR) is 137 cm³/mol. The van der Waals surface area contributed by atoms with Gasteiger partial charge in [0.1, 0.15) is 0 Å². The van der Waals surface area contributed by atoms with E-state index >= 15 is 0 Å². The Morgan fingerprint density at radius 3 is 0.909 bits per heavy atom. The summed E-state index contributed by atoms with van der Waals surface area (Å²) in [4.78, 5) is 0. The molecule has 0 saturated heterocycles. The first-order chi connectivity index (χ1) is 16.0. The second-order valence-electron chi connectivity index (χ2n) is 6.99. The van der Waals surface area contributed by atoms with Crippen LogP contribution in [0.4, 0.5) is 11.4 Å². The van der Waals surface area contributed by atoms with Crippen LogP contribution in [0.1, 0.15) is 41.5 Å². The van der Waals surface area contributed by atoms with Crippen molar-refractivity contribution in [1.82, 2.24) is 0 Å². The molecule has 33 heavy (non-hydrogen) atoms. The maximum absolute atomic E-state index is 6.00. The Labute approximate surface area is 201 Å². The molecular formula is C24H39NO6Si2. The fourth-order valence-electron chi connectivity index (χ4n) is 3.57. The molecule has 7 nitrogen and oxygen atoms in total. The summed E-state index contributed by atoms with van der Waals surface area (Å²) >= 11 is 0. The Morgan fingerprint density at radius 2 is 0.697 bits per heavy atom. The van der Waals surface area contributed by atoms with E-state index in [0.717, 1.165) is 21.7 Å². The van der Waals surface area contributed by atoms with Crippen LogP contribution in [-0.2, 0) is 26.6 Å². The zero-order valence-electron chi connectivity index (χ0n) is 20.8. The van der Waals surface area contributed by atoms with Gasteiger partial charge in [-0.25, -0.2) is 0 Å². The van der Waals surface area contributed by atoms with E-state index in [4.69, 9.17) is 26.6 Å². The number of hydrogen-bond acceptors (Lipinski definition) is 7. The fourth-order valence-corrected chi connectivity index (χ4v) is 8.50. The average molecular weight is 494 g/mol. The van der Waals surface area contributed by atoms with Crippen molar-refractivity contribution >= 4 is 39.4 Å². The summed E-state index contributed by atoms with van der Waals surface area (Å²) in [6, 6.07) is 16.1. The largest absolute Gasteiger partial charge is 0.537 e. The zero-order chi connectivity index (χ0) is 24.2. The molecule has 0 amide bonds. The molecule has 2 rings (SSSR count). The molecule has 2 aromatic carbocycles. The van der Waals surface area contributed by atoms with Crippen LogP contribution in [0.2, 0.25) is 0 Å². The summed E-state index contributed by atoms with van der Waals surface area (Å²) in [5.74, 6) is 0. The van der Waals surface area contributed by atoms with Crippen LogP contribution in [0, 0.1) is 0 Å². The Kier molecular flexibility index (Phi) is 11.7. The summed E-state index contributed by atoms with van der Waals surface area (Å²) in [6.45, 7) is 15.0. The molecule has 0 unspecified atom stereocenters. The topological polar surface area (TPSA) is 67.4 Å². The number of nitrogens with one attached hydrogen (secondary N) is 1. The smallest absolute Gasteiger partial charge is 0.370 e. The highest BCUT2D eigenvalue weighted by atomic mass is 28.4. The summed E-state index contributed by atoms with van der Waals surface area (Å²) in [5, 5.41) is 5.35. The maximum Gasteiger partial charge on any atom is 0.537 e. The van der Waals surface area contributed by atoms with Gasteiger partial charge in [0.2, 0.25) is 0 Å². The van der Waals surface area contributed by atoms with Crippen molar-refractivity contribution in [2.24, 2.45) is 0 Å². The van der Waals surface area contributed by atoms with Crippen LogP contribution in [0.5, 0.6) is 0 Å². The van der Waals surface area contributed by atoms with Crippen molar-refractivity contribution in [3.05, 3.63) is 48.5 Å². The fraction of sp³-hybridized carbons (Fsp3) is 0.500. The van der Waals surface area contributed by atoms with E-state index in [-0.39, 0.29) is 0 Å². The third-order valence-electron chi connectivity index (χ3n) is 4.77. The van der Waals surface area contributed by atoms with E-state index < -0.39 is 17.6 Å². The minimum Gasteiger partial charge on any atom is -0.370 e. The number of benzene rings is 2. The number of anilines is 2. The van der Waals surface area contributed by atoms with Crippen LogP contribution in [0.3, 0.4) is 0 Å². The summed E-state index contributed by atoms with van der Waals surface area (Å²) < 4.78 is 36.0. The Morgan fingerprint density at radius 1 is 0.455 bits per heavy atom. The highest BCUT2D eigenvalue weighted by Crippen LogP contribution is 2.19. The first kappa shape index (κ1) is 27.7. The molecule has 0 aliphatic heterocycles. The van der Waals surface area contributed by atoms with E-state index in [1.165, 1.54) is 0 Å². The molecule has 2 aromatic rings. The van der Waals surface area contributed by atoms with Gasteiger partial charge in [0.05, 0.1) is 0 Å². The van der Waals surface area contributed by atoms with Crippen molar-refractivity contribution in [2.75, 3.05) is 45.0 Å². The third-order valence-corrected chi connectivity index (χ3v) is 10.9. The van der Waals surface area contributed by atoms with E-state index in [0.29, 0.717) is 39.6 Å².